The second kappa shape index (κ2) is 17.9. The topological polar surface area (TPSA) is 28.2 Å². The fraction of sp³-hybridized carbons (Fsp3) is 0.591. The highest BCUT2D eigenvalue weighted by Gasteiger charge is 2.28. The molecular formula is C44H70N6. The fourth-order valence-corrected chi connectivity index (χ4v) is 7.13. The molecule has 0 saturated carbocycles. The Labute approximate surface area is 306 Å². The summed E-state index contributed by atoms with van der Waals surface area (Å²) in [4.78, 5) is 12.7. The molecule has 3 saturated heterocycles. The maximum absolute atomic E-state index is 3.63. The molecule has 3 aliphatic heterocycles. The monoisotopic (exact) mass is 683 g/mol. The second-order valence-electron chi connectivity index (χ2n) is 17.4. The van der Waals surface area contributed by atoms with Crippen LogP contribution in [-0.2, 0) is 0 Å². The summed E-state index contributed by atoms with van der Waals surface area (Å²) in [6.45, 7) is 34.5. The minimum atomic E-state index is 0.305. The Balaban J connectivity index is 0.000000169. The van der Waals surface area contributed by atoms with E-state index in [9.17, 15) is 0 Å². The minimum absolute atomic E-state index is 0.305. The van der Waals surface area contributed by atoms with Gasteiger partial charge >= 0.3 is 0 Å². The number of anilines is 3. The first-order valence-corrected chi connectivity index (χ1v) is 19.3. The number of rotatable bonds is 4. The molecule has 0 radical (unpaired) electrons. The van der Waals surface area contributed by atoms with Crippen LogP contribution >= 0.6 is 0 Å². The summed E-state index contributed by atoms with van der Waals surface area (Å²) in [5, 5.41) is 3.63. The highest BCUT2D eigenvalue weighted by molar-refractivity contribution is 5.48. The summed E-state index contributed by atoms with van der Waals surface area (Å²) in [7, 11) is 0. The van der Waals surface area contributed by atoms with Crippen LogP contribution in [0.25, 0.3) is 0 Å². The zero-order chi connectivity index (χ0) is 36.4. The van der Waals surface area contributed by atoms with Gasteiger partial charge in [0.25, 0.3) is 0 Å². The number of piperidine rings is 1. The molecule has 0 unspecified atom stereocenters. The normalized spacial score (nSPS) is 18.8. The minimum Gasteiger partial charge on any atom is -0.382 e. The number of nitrogens with zero attached hydrogens (tertiary/aromatic N) is 5. The maximum Gasteiger partial charge on any atom is 0.0367 e. The van der Waals surface area contributed by atoms with Gasteiger partial charge in [-0.2, -0.15) is 0 Å². The van der Waals surface area contributed by atoms with Crippen LogP contribution in [-0.4, -0.2) is 103 Å². The Morgan fingerprint density at radius 2 is 0.800 bits per heavy atom. The summed E-state index contributed by atoms with van der Waals surface area (Å²) < 4.78 is 0. The first kappa shape index (κ1) is 39.7. The van der Waals surface area contributed by atoms with Gasteiger partial charge in [0.1, 0.15) is 0 Å². The van der Waals surface area contributed by atoms with E-state index < -0.39 is 0 Å². The van der Waals surface area contributed by atoms with E-state index in [1.807, 2.05) is 0 Å². The molecule has 6 heteroatoms. The Kier molecular flexibility index (Phi) is 14.2. The largest absolute Gasteiger partial charge is 0.382 e. The first-order chi connectivity index (χ1) is 23.6. The molecule has 0 aromatic heterocycles. The maximum atomic E-state index is 3.63. The van der Waals surface area contributed by atoms with Crippen molar-refractivity contribution < 1.29 is 0 Å². The van der Waals surface area contributed by atoms with Gasteiger partial charge in [-0.05, 0) is 118 Å². The third kappa shape index (κ3) is 12.6. The molecule has 3 fully saturated rings. The number of nitrogens with one attached hydrogen (secondary N) is 1. The van der Waals surface area contributed by atoms with Crippen molar-refractivity contribution in [1.29, 1.82) is 0 Å². The van der Waals surface area contributed by atoms with E-state index >= 15 is 0 Å². The average molecular weight is 683 g/mol. The van der Waals surface area contributed by atoms with Crippen LogP contribution in [0.3, 0.4) is 0 Å². The number of para-hydroxylation sites is 2. The van der Waals surface area contributed by atoms with Gasteiger partial charge in [-0.1, -0.05) is 54.1 Å². The van der Waals surface area contributed by atoms with Crippen molar-refractivity contribution in [2.75, 3.05) is 80.6 Å². The molecule has 6 nitrogen and oxygen atoms in total. The SMILES string of the molecule is CC(C)(C)N1CCC(Nc2ccccc2)CC1.CC(C)(C)N1CCN(c2ccccc2)CC1.Cc1ccc(N2CCN(C(C)(C)C)CC2)cc1. The Morgan fingerprint density at radius 3 is 1.20 bits per heavy atom. The van der Waals surface area contributed by atoms with Gasteiger partial charge in [0.05, 0.1) is 0 Å². The van der Waals surface area contributed by atoms with Crippen molar-refractivity contribution >= 4 is 17.1 Å². The molecule has 50 heavy (non-hydrogen) atoms. The van der Waals surface area contributed by atoms with E-state index in [1.165, 1.54) is 61.6 Å². The van der Waals surface area contributed by atoms with Gasteiger partial charge in [-0.15, -0.1) is 0 Å². The highest BCUT2D eigenvalue weighted by Crippen LogP contribution is 2.24. The predicted octanol–water partition coefficient (Wildman–Crippen LogP) is 8.88. The van der Waals surface area contributed by atoms with E-state index in [1.54, 1.807) is 0 Å². The quantitative estimate of drug-likeness (QED) is 0.296. The van der Waals surface area contributed by atoms with Crippen LogP contribution in [0.2, 0.25) is 0 Å². The molecule has 3 aliphatic rings. The molecule has 3 aromatic carbocycles. The fourth-order valence-electron chi connectivity index (χ4n) is 7.13. The summed E-state index contributed by atoms with van der Waals surface area (Å²) in [5.41, 5.74) is 6.24. The Morgan fingerprint density at radius 1 is 0.440 bits per heavy atom. The summed E-state index contributed by atoms with van der Waals surface area (Å²) in [5.74, 6) is 0. The number of aryl methyl sites for hydroxylation is 1. The summed E-state index contributed by atoms with van der Waals surface area (Å²) in [6, 6.07) is 30.8. The molecule has 0 amide bonds. The molecular weight excluding hydrogens is 613 g/mol. The van der Waals surface area contributed by atoms with Crippen molar-refractivity contribution in [2.24, 2.45) is 0 Å². The zero-order valence-electron chi connectivity index (χ0n) is 33.4. The van der Waals surface area contributed by atoms with Gasteiger partial charge in [-0.3, -0.25) is 14.7 Å². The number of hydrogen-bond donors (Lipinski definition) is 1. The highest BCUT2D eigenvalue weighted by atomic mass is 15.3. The van der Waals surface area contributed by atoms with Crippen LogP contribution in [0, 0.1) is 6.92 Å². The summed E-state index contributed by atoms with van der Waals surface area (Å²) in [6.07, 6.45) is 2.48. The lowest BCUT2D eigenvalue weighted by Gasteiger charge is -2.43. The predicted molar refractivity (Wildman–Crippen MR) is 219 cm³/mol. The van der Waals surface area contributed by atoms with Crippen molar-refractivity contribution in [3.05, 3.63) is 90.5 Å². The average Bonchev–Trinajstić information content (AvgIpc) is 3.09. The van der Waals surface area contributed by atoms with Crippen molar-refractivity contribution in [2.45, 2.75) is 105 Å². The van der Waals surface area contributed by atoms with Gasteiger partial charge < -0.3 is 15.1 Å². The molecule has 3 heterocycles. The lowest BCUT2D eigenvalue weighted by atomic mass is 9.98. The van der Waals surface area contributed by atoms with Crippen LogP contribution < -0.4 is 15.1 Å². The van der Waals surface area contributed by atoms with E-state index in [2.05, 4.69) is 184 Å². The molecule has 0 atom stereocenters. The zero-order valence-corrected chi connectivity index (χ0v) is 33.4. The number of benzene rings is 3. The molecule has 276 valence electrons. The van der Waals surface area contributed by atoms with Gasteiger partial charge in [0, 0.05) is 105 Å². The van der Waals surface area contributed by atoms with Crippen LogP contribution in [0.1, 0.15) is 80.7 Å². The Bertz CT molecular complexity index is 1350. The van der Waals surface area contributed by atoms with E-state index in [0.717, 1.165) is 39.3 Å². The number of piperazine rings is 2. The molecule has 0 aliphatic carbocycles. The lowest BCUT2D eigenvalue weighted by molar-refractivity contribution is 0.106. The van der Waals surface area contributed by atoms with E-state index in [0.29, 0.717) is 22.7 Å². The van der Waals surface area contributed by atoms with E-state index in [-0.39, 0.29) is 0 Å². The number of likely N-dealkylation sites (tertiary alicyclic amines) is 1. The van der Waals surface area contributed by atoms with Gasteiger partial charge in [0.2, 0.25) is 0 Å². The van der Waals surface area contributed by atoms with Gasteiger partial charge in [-0.25, -0.2) is 0 Å². The standard InChI is InChI=1S/2C15H24N2.C14H22N2/c1-13-5-7-14(8-6-13)16-9-11-17(12-10-16)15(2,3)4;1-15(2,3)17-11-9-14(10-12-17)16-13-7-5-4-6-8-13;1-14(2,3)16-11-9-15(10-12-16)13-7-5-4-6-8-13/h5-8H,9-12H2,1-4H3;4-8,14,16H,9-12H2,1-3H3;4-8H,9-12H2,1-3H3. The first-order valence-electron chi connectivity index (χ1n) is 19.3. The third-order valence-corrected chi connectivity index (χ3v) is 10.6. The molecule has 6 rings (SSSR count). The smallest absolute Gasteiger partial charge is 0.0367 e. The molecule has 1 N–H and O–H groups in total. The lowest BCUT2D eigenvalue weighted by Crippen LogP contribution is -2.53. The van der Waals surface area contributed by atoms with Crippen LogP contribution in [0.15, 0.2) is 84.9 Å². The third-order valence-electron chi connectivity index (χ3n) is 10.6. The second-order valence-corrected chi connectivity index (χ2v) is 17.4. The van der Waals surface area contributed by atoms with Crippen LogP contribution in [0.4, 0.5) is 17.1 Å². The Hall–Kier alpha value is -3.06. The molecule has 3 aromatic rings. The molecule has 0 spiro atoms. The van der Waals surface area contributed by atoms with Crippen molar-refractivity contribution in [1.82, 2.24) is 14.7 Å². The van der Waals surface area contributed by atoms with Crippen molar-refractivity contribution in [3.63, 3.8) is 0 Å². The van der Waals surface area contributed by atoms with Gasteiger partial charge in [0.15, 0.2) is 0 Å². The van der Waals surface area contributed by atoms with Crippen LogP contribution in [0.5, 0.6) is 0 Å². The van der Waals surface area contributed by atoms with Crippen molar-refractivity contribution in [3.8, 4) is 0 Å². The molecule has 0 bridgehead atoms. The van der Waals surface area contributed by atoms with E-state index in [4.69, 9.17) is 0 Å². The summed E-state index contributed by atoms with van der Waals surface area (Å²) >= 11 is 0. The number of hydrogen-bond acceptors (Lipinski definition) is 6.